The van der Waals surface area contributed by atoms with E-state index in [1.165, 1.54) is 17.3 Å². The van der Waals surface area contributed by atoms with E-state index in [0.717, 1.165) is 16.8 Å². The first-order chi connectivity index (χ1) is 17.9. The Hall–Kier alpha value is -3.81. The topological polar surface area (TPSA) is 75.0 Å². The van der Waals surface area contributed by atoms with Gasteiger partial charge < -0.3 is 9.47 Å². The lowest BCUT2D eigenvalue weighted by atomic mass is 10.1. The zero-order chi connectivity index (χ0) is 25.9. The molecule has 0 aliphatic carbocycles. The molecule has 0 unspecified atom stereocenters. The van der Waals surface area contributed by atoms with Crippen LogP contribution in [0.2, 0.25) is 5.02 Å². The molecular weight excluding hydrogens is 506 g/mol. The lowest BCUT2D eigenvalue weighted by molar-refractivity contribution is -0.114. The van der Waals surface area contributed by atoms with Crippen LogP contribution in [0.3, 0.4) is 0 Å². The van der Waals surface area contributed by atoms with Crippen LogP contribution in [0.1, 0.15) is 29.2 Å². The summed E-state index contributed by atoms with van der Waals surface area (Å²) in [7, 11) is 0. The van der Waals surface area contributed by atoms with E-state index < -0.39 is 5.91 Å². The molecule has 2 heterocycles. The van der Waals surface area contributed by atoms with Gasteiger partial charge in [0.25, 0.3) is 5.91 Å². The number of nitrogens with zero attached hydrogens (tertiary/aromatic N) is 2. The lowest BCUT2D eigenvalue weighted by Crippen LogP contribution is -2.38. The van der Waals surface area contributed by atoms with E-state index in [2.05, 4.69) is 4.99 Å². The fourth-order valence-electron chi connectivity index (χ4n) is 4.00. The summed E-state index contributed by atoms with van der Waals surface area (Å²) in [5.41, 5.74) is 4.71. The standard InChI is InChI=1S/C29H24ClN3O3S/c1-3-35-25-15-20(14-23(30)26(25)36-16-19-11-9-18(2)10-12-19)13-22-27(31)33-24(21-7-5-4-6-8-21)17-37-29(33)32-28(22)34/h4-15,17,31H,3,16H2,1-2H3/b22-13-,31-27?. The maximum atomic E-state index is 12.9. The predicted octanol–water partition coefficient (Wildman–Crippen LogP) is 6.93. The van der Waals surface area contributed by atoms with Gasteiger partial charge in [-0.15, -0.1) is 0 Å². The zero-order valence-electron chi connectivity index (χ0n) is 20.3. The molecule has 1 N–H and O–H groups in total. The summed E-state index contributed by atoms with van der Waals surface area (Å²) in [6.07, 6.45) is 1.62. The van der Waals surface area contributed by atoms with E-state index in [1.54, 1.807) is 23.1 Å². The number of aryl methyl sites for hydroxylation is 1. The summed E-state index contributed by atoms with van der Waals surface area (Å²) in [5, 5.41) is 11.6. The number of benzene rings is 3. The minimum absolute atomic E-state index is 0.0592. The molecule has 0 radical (unpaired) electrons. The van der Waals surface area contributed by atoms with Crippen LogP contribution >= 0.6 is 23.4 Å². The molecule has 1 amide bonds. The van der Waals surface area contributed by atoms with Crippen LogP contribution in [0.25, 0.3) is 11.8 Å². The number of aliphatic imine (C=N–C) groups is 1. The van der Waals surface area contributed by atoms with Gasteiger partial charge in [-0.05, 0) is 48.7 Å². The van der Waals surface area contributed by atoms with E-state index in [1.807, 2.05) is 73.9 Å². The van der Waals surface area contributed by atoms with Crippen molar-refractivity contribution in [3.63, 3.8) is 0 Å². The van der Waals surface area contributed by atoms with Gasteiger partial charge >= 0.3 is 0 Å². The summed E-state index contributed by atoms with van der Waals surface area (Å²) in [6.45, 7) is 4.66. The van der Waals surface area contributed by atoms with Crippen molar-refractivity contribution in [3.05, 3.63) is 105 Å². The minimum atomic E-state index is -0.472. The second-order valence-corrected chi connectivity index (χ2v) is 9.71. The van der Waals surface area contributed by atoms with E-state index in [9.17, 15) is 4.79 Å². The molecule has 3 aromatic rings. The Morgan fingerprint density at radius 3 is 2.57 bits per heavy atom. The maximum absolute atomic E-state index is 12.9. The summed E-state index contributed by atoms with van der Waals surface area (Å²) in [4.78, 5) is 18.8. The molecule has 6 nitrogen and oxygen atoms in total. The van der Waals surface area contributed by atoms with Gasteiger partial charge in [0.1, 0.15) is 12.4 Å². The number of hydrogen-bond donors (Lipinski definition) is 1. The van der Waals surface area contributed by atoms with Crippen molar-refractivity contribution in [2.75, 3.05) is 6.61 Å². The Morgan fingerprint density at radius 1 is 1.08 bits per heavy atom. The second kappa shape index (κ2) is 10.7. The molecule has 0 spiro atoms. The number of amides is 1. The number of rotatable bonds is 7. The highest BCUT2D eigenvalue weighted by atomic mass is 35.5. The Balaban J connectivity index is 1.45. The highest BCUT2D eigenvalue weighted by Gasteiger charge is 2.36. The SMILES string of the molecule is CCOc1cc(/C=C2/C(=N)N3C(c4ccccc4)=CSC3=NC2=O)cc(Cl)c1OCc1ccc(C)cc1. The molecule has 2 aliphatic rings. The Bertz CT molecular complexity index is 1460. The minimum Gasteiger partial charge on any atom is -0.490 e. The summed E-state index contributed by atoms with van der Waals surface area (Å²) >= 11 is 7.95. The molecule has 5 rings (SSSR count). The average Bonchev–Trinajstić information content (AvgIpc) is 3.32. The third-order valence-corrected chi connectivity index (χ3v) is 6.94. The van der Waals surface area contributed by atoms with Crippen LogP contribution < -0.4 is 9.47 Å². The Morgan fingerprint density at radius 2 is 1.84 bits per heavy atom. The first-order valence-corrected chi connectivity index (χ1v) is 13.0. The van der Waals surface area contributed by atoms with Crippen molar-refractivity contribution in [2.24, 2.45) is 4.99 Å². The molecule has 0 fully saturated rings. The van der Waals surface area contributed by atoms with Gasteiger partial charge in [0, 0.05) is 5.41 Å². The molecule has 0 atom stereocenters. The van der Waals surface area contributed by atoms with E-state index in [0.29, 0.717) is 40.5 Å². The largest absolute Gasteiger partial charge is 0.490 e. The highest BCUT2D eigenvalue weighted by Crippen LogP contribution is 2.40. The van der Waals surface area contributed by atoms with Gasteiger partial charge in [-0.2, -0.15) is 4.99 Å². The van der Waals surface area contributed by atoms with Crippen LogP contribution in [0.15, 0.2) is 82.7 Å². The number of ether oxygens (including phenoxy) is 2. The molecule has 2 aliphatic heterocycles. The number of nitrogens with one attached hydrogen (secondary N) is 1. The number of amidine groups is 2. The van der Waals surface area contributed by atoms with Gasteiger partial charge in [-0.3, -0.25) is 15.1 Å². The van der Waals surface area contributed by atoms with Crippen molar-refractivity contribution in [2.45, 2.75) is 20.5 Å². The molecule has 3 aromatic carbocycles. The number of carbonyl (C=O) groups excluding carboxylic acids is 1. The fourth-order valence-corrected chi connectivity index (χ4v) is 5.16. The lowest BCUT2D eigenvalue weighted by Gasteiger charge is -2.27. The van der Waals surface area contributed by atoms with Gasteiger partial charge in [-0.25, -0.2) is 0 Å². The fraction of sp³-hybridized carbons (Fsp3) is 0.138. The van der Waals surface area contributed by atoms with Crippen LogP contribution in [0, 0.1) is 12.3 Å². The first-order valence-electron chi connectivity index (χ1n) is 11.8. The zero-order valence-corrected chi connectivity index (χ0v) is 21.9. The van der Waals surface area contributed by atoms with Crippen molar-refractivity contribution >= 4 is 52.0 Å². The molecule has 8 heteroatoms. The normalized spacial score (nSPS) is 16.0. The molecule has 0 aromatic heterocycles. The first kappa shape index (κ1) is 24.9. The van der Waals surface area contributed by atoms with Crippen molar-refractivity contribution in [1.29, 1.82) is 5.41 Å². The summed E-state index contributed by atoms with van der Waals surface area (Å²) in [6, 6.07) is 21.3. The molecule has 0 saturated heterocycles. The highest BCUT2D eigenvalue weighted by molar-refractivity contribution is 8.17. The van der Waals surface area contributed by atoms with Crippen molar-refractivity contribution in [1.82, 2.24) is 4.90 Å². The van der Waals surface area contributed by atoms with Crippen LogP contribution in [-0.2, 0) is 11.4 Å². The third kappa shape index (κ3) is 5.19. The predicted molar refractivity (Wildman–Crippen MR) is 150 cm³/mol. The van der Waals surface area contributed by atoms with E-state index in [-0.39, 0.29) is 11.4 Å². The number of hydrogen-bond acceptors (Lipinski definition) is 5. The van der Waals surface area contributed by atoms with E-state index >= 15 is 0 Å². The van der Waals surface area contributed by atoms with Gasteiger partial charge in [0.05, 0.1) is 22.9 Å². The molecular formula is C29H24ClN3O3S. The molecule has 37 heavy (non-hydrogen) atoms. The third-order valence-electron chi connectivity index (χ3n) is 5.83. The molecule has 0 saturated carbocycles. The quantitative estimate of drug-likeness (QED) is 0.336. The monoisotopic (exact) mass is 529 g/mol. The second-order valence-electron chi connectivity index (χ2n) is 8.47. The number of carbonyl (C=O) groups is 1. The average molecular weight is 530 g/mol. The number of fused-ring (bicyclic) bond motifs is 1. The van der Waals surface area contributed by atoms with Gasteiger partial charge in [0.15, 0.2) is 16.7 Å². The smallest absolute Gasteiger partial charge is 0.283 e. The van der Waals surface area contributed by atoms with Crippen LogP contribution in [0.5, 0.6) is 11.5 Å². The summed E-state index contributed by atoms with van der Waals surface area (Å²) < 4.78 is 11.9. The van der Waals surface area contributed by atoms with Gasteiger partial charge in [0.2, 0.25) is 0 Å². The van der Waals surface area contributed by atoms with Crippen molar-refractivity contribution in [3.8, 4) is 11.5 Å². The van der Waals surface area contributed by atoms with Crippen LogP contribution in [0.4, 0.5) is 0 Å². The molecule has 0 bridgehead atoms. The van der Waals surface area contributed by atoms with E-state index in [4.69, 9.17) is 26.5 Å². The van der Waals surface area contributed by atoms with Gasteiger partial charge in [-0.1, -0.05) is 83.5 Å². The Labute approximate surface area is 224 Å². The van der Waals surface area contributed by atoms with Crippen molar-refractivity contribution < 1.29 is 14.3 Å². The summed E-state index contributed by atoms with van der Waals surface area (Å²) in [5.74, 6) is 0.487. The van der Waals surface area contributed by atoms with Crippen LogP contribution in [-0.4, -0.2) is 28.4 Å². The number of halogens is 1. The maximum Gasteiger partial charge on any atom is 0.283 e. The molecule has 186 valence electrons. The number of thioether (sulfide) groups is 1. The Kier molecular flexibility index (Phi) is 7.17.